The first-order chi connectivity index (χ1) is 9.56. The molecule has 2 aromatic rings. The Morgan fingerprint density at radius 2 is 2.00 bits per heavy atom. The minimum Gasteiger partial charge on any atom is -0.496 e. The molecule has 0 fully saturated rings. The summed E-state index contributed by atoms with van der Waals surface area (Å²) in [7, 11) is 1.67. The minimum atomic E-state index is 0.832. The van der Waals surface area contributed by atoms with Crippen molar-refractivity contribution in [2.45, 2.75) is 33.9 Å². The molecule has 0 aliphatic rings. The van der Waals surface area contributed by atoms with Crippen LogP contribution in [0.25, 0.3) is 0 Å². The zero-order chi connectivity index (χ0) is 14.7. The zero-order valence-corrected chi connectivity index (χ0v) is 14.0. The van der Waals surface area contributed by atoms with Crippen molar-refractivity contribution < 1.29 is 4.74 Å². The number of methoxy groups -OCH3 is 1. The topological polar surface area (TPSA) is 26.2 Å². The van der Waals surface area contributed by atoms with Gasteiger partial charge in [0.2, 0.25) is 0 Å². The lowest BCUT2D eigenvalue weighted by Gasteiger charge is -2.10. The summed E-state index contributed by atoms with van der Waals surface area (Å²) < 4.78 is 8.53. The van der Waals surface area contributed by atoms with Gasteiger partial charge >= 0.3 is 0 Å². The number of hydrogen-bond donors (Lipinski definition) is 1. The van der Waals surface area contributed by atoms with Crippen LogP contribution >= 0.6 is 15.9 Å². The third-order valence-corrected chi connectivity index (χ3v) is 4.25. The van der Waals surface area contributed by atoms with Gasteiger partial charge in [-0.2, -0.15) is 0 Å². The molecule has 4 heteroatoms. The summed E-state index contributed by atoms with van der Waals surface area (Å²) in [6.45, 7) is 8.36. The van der Waals surface area contributed by atoms with Gasteiger partial charge < -0.3 is 14.6 Å². The quantitative estimate of drug-likeness (QED) is 0.869. The second-order valence-electron chi connectivity index (χ2n) is 4.84. The van der Waals surface area contributed by atoms with Gasteiger partial charge in [0.15, 0.2) is 0 Å². The van der Waals surface area contributed by atoms with Crippen molar-refractivity contribution in [1.29, 1.82) is 0 Å². The van der Waals surface area contributed by atoms with Gasteiger partial charge in [-0.25, -0.2) is 0 Å². The van der Waals surface area contributed by atoms with Crippen LogP contribution in [-0.2, 0) is 13.1 Å². The number of benzene rings is 1. The van der Waals surface area contributed by atoms with Crippen molar-refractivity contribution in [2.75, 3.05) is 12.4 Å². The van der Waals surface area contributed by atoms with Gasteiger partial charge in [0.25, 0.3) is 0 Å². The average molecular weight is 337 g/mol. The first-order valence-electron chi connectivity index (χ1n) is 6.79. The Bertz CT molecular complexity index is 605. The lowest BCUT2D eigenvalue weighted by molar-refractivity contribution is 0.412. The fraction of sp³-hybridized carbons (Fsp3) is 0.375. The van der Waals surface area contributed by atoms with Crippen molar-refractivity contribution in [3.05, 3.63) is 45.7 Å². The molecule has 0 spiro atoms. The Labute approximate surface area is 129 Å². The van der Waals surface area contributed by atoms with E-state index in [0.717, 1.165) is 29.0 Å². The molecular weight excluding hydrogens is 316 g/mol. The maximum absolute atomic E-state index is 5.24. The van der Waals surface area contributed by atoms with Crippen LogP contribution in [0.4, 0.5) is 5.69 Å². The molecule has 0 saturated heterocycles. The summed E-state index contributed by atoms with van der Waals surface area (Å²) in [5.41, 5.74) is 5.08. The number of aromatic nitrogens is 1. The summed E-state index contributed by atoms with van der Waals surface area (Å²) in [4.78, 5) is 0. The SMILES string of the molecule is CCn1c(C)cc(CNc2ccc(OC)c(Br)c2)c1C. The molecule has 0 bridgehead atoms. The van der Waals surface area contributed by atoms with Gasteiger partial charge in [-0.05, 0) is 66.5 Å². The maximum atomic E-state index is 5.24. The summed E-state index contributed by atoms with van der Waals surface area (Å²) in [6.07, 6.45) is 0. The zero-order valence-electron chi connectivity index (χ0n) is 12.5. The molecular formula is C16H21BrN2O. The van der Waals surface area contributed by atoms with Gasteiger partial charge in [-0.15, -0.1) is 0 Å². The third kappa shape index (κ3) is 3.01. The van der Waals surface area contributed by atoms with Crippen LogP contribution in [0.5, 0.6) is 5.75 Å². The van der Waals surface area contributed by atoms with E-state index in [9.17, 15) is 0 Å². The summed E-state index contributed by atoms with van der Waals surface area (Å²) >= 11 is 3.51. The van der Waals surface area contributed by atoms with E-state index in [-0.39, 0.29) is 0 Å². The molecule has 0 amide bonds. The Hall–Kier alpha value is -1.42. The van der Waals surface area contributed by atoms with E-state index in [1.807, 2.05) is 18.2 Å². The maximum Gasteiger partial charge on any atom is 0.133 e. The highest BCUT2D eigenvalue weighted by Gasteiger charge is 2.08. The molecule has 3 nitrogen and oxygen atoms in total. The Morgan fingerprint density at radius 3 is 2.55 bits per heavy atom. The molecule has 1 N–H and O–H groups in total. The van der Waals surface area contributed by atoms with Crippen LogP contribution < -0.4 is 10.1 Å². The van der Waals surface area contributed by atoms with Gasteiger partial charge in [0.1, 0.15) is 5.75 Å². The van der Waals surface area contributed by atoms with E-state index in [1.54, 1.807) is 7.11 Å². The first-order valence-corrected chi connectivity index (χ1v) is 7.59. The van der Waals surface area contributed by atoms with E-state index >= 15 is 0 Å². The van der Waals surface area contributed by atoms with Gasteiger partial charge in [-0.1, -0.05) is 0 Å². The second-order valence-corrected chi connectivity index (χ2v) is 5.70. The van der Waals surface area contributed by atoms with Crippen molar-refractivity contribution in [3.63, 3.8) is 0 Å². The van der Waals surface area contributed by atoms with E-state index < -0.39 is 0 Å². The van der Waals surface area contributed by atoms with Crippen LogP contribution in [0.3, 0.4) is 0 Å². The molecule has 0 unspecified atom stereocenters. The Morgan fingerprint density at radius 1 is 1.25 bits per heavy atom. The smallest absolute Gasteiger partial charge is 0.133 e. The number of anilines is 1. The highest BCUT2D eigenvalue weighted by molar-refractivity contribution is 9.10. The molecule has 20 heavy (non-hydrogen) atoms. The monoisotopic (exact) mass is 336 g/mol. The van der Waals surface area contributed by atoms with Crippen molar-refractivity contribution in [1.82, 2.24) is 4.57 Å². The van der Waals surface area contributed by atoms with Crippen molar-refractivity contribution in [3.8, 4) is 5.75 Å². The number of ether oxygens (including phenoxy) is 1. The molecule has 0 aliphatic carbocycles. The molecule has 1 heterocycles. The van der Waals surface area contributed by atoms with E-state index in [4.69, 9.17) is 4.74 Å². The summed E-state index contributed by atoms with van der Waals surface area (Å²) in [6, 6.07) is 8.28. The molecule has 2 rings (SSSR count). The fourth-order valence-electron chi connectivity index (χ4n) is 2.51. The van der Waals surface area contributed by atoms with E-state index in [1.165, 1.54) is 17.0 Å². The van der Waals surface area contributed by atoms with Gasteiger partial charge in [0.05, 0.1) is 11.6 Å². The number of hydrogen-bond acceptors (Lipinski definition) is 2. The molecule has 0 radical (unpaired) electrons. The highest BCUT2D eigenvalue weighted by atomic mass is 79.9. The van der Waals surface area contributed by atoms with Gasteiger partial charge in [-0.3, -0.25) is 0 Å². The third-order valence-electron chi connectivity index (χ3n) is 3.63. The number of nitrogens with zero attached hydrogens (tertiary/aromatic N) is 1. The molecule has 1 aromatic carbocycles. The first kappa shape index (κ1) is 15.0. The van der Waals surface area contributed by atoms with Crippen molar-refractivity contribution in [2.24, 2.45) is 0 Å². The van der Waals surface area contributed by atoms with Crippen molar-refractivity contribution >= 4 is 21.6 Å². The predicted octanol–water partition coefficient (Wildman–Crippen LogP) is 4.51. The molecule has 108 valence electrons. The van der Waals surface area contributed by atoms with Crippen LogP contribution in [0.1, 0.15) is 23.9 Å². The van der Waals surface area contributed by atoms with Gasteiger partial charge in [0, 0.05) is 30.2 Å². The van der Waals surface area contributed by atoms with Crippen LogP contribution in [0.2, 0.25) is 0 Å². The number of rotatable bonds is 5. The molecule has 0 aliphatic heterocycles. The standard InChI is InChI=1S/C16H21BrN2O/c1-5-19-11(2)8-13(12(19)3)10-18-14-6-7-16(20-4)15(17)9-14/h6-9,18H,5,10H2,1-4H3. The largest absolute Gasteiger partial charge is 0.496 e. The Balaban J connectivity index is 2.11. The summed E-state index contributed by atoms with van der Waals surface area (Å²) in [5.74, 6) is 0.847. The molecule has 0 atom stereocenters. The highest BCUT2D eigenvalue weighted by Crippen LogP contribution is 2.28. The predicted molar refractivity (Wildman–Crippen MR) is 87.6 cm³/mol. The van der Waals surface area contributed by atoms with E-state index in [0.29, 0.717) is 0 Å². The lowest BCUT2D eigenvalue weighted by atomic mass is 10.2. The molecule has 1 aromatic heterocycles. The van der Waals surface area contributed by atoms with Crippen LogP contribution in [-0.4, -0.2) is 11.7 Å². The average Bonchev–Trinajstić information content (AvgIpc) is 2.70. The van der Waals surface area contributed by atoms with Crippen LogP contribution in [0, 0.1) is 13.8 Å². The summed E-state index contributed by atoms with van der Waals surface area (Å²) in [5, 5.41) is 3.46. The second kappa shape index (κ2) is 6.35. The Kier molecular flexibility index (Phi) is 4.76. The lowest BCUT2D eigenvalue weighted by Crippen LogP contribution is -2.03. The molecule has 0 saturated carbocycles. The van der Waals surface area contributed by atoms with Crippen LogP contribution in [0.15, 0.2) is 28.7 Å². The number of nitrogens with one attached hydrogen (secondary N) is 1. The minimum absolute atomic E-state index is 0.832. The fourth-order valence-corrected chi connectivity index (χ4v) is 3.05. The number of halogens is 1. The number of aryl methyl sites for hydroxylation is 1. The normalized spacial score (nSPS) is 10.7. The van der Waals surface area contributed by atoms with E-state index in [2.05, 4.69) is 52.7 Å².